The third kappa shape index (κ3) is 2.34. The topological polar surface area (TPSA) is 33.2 Å². The van der Waals surface area contributed by atoms with Crippen LogP contribution in [0.3, 0.4) is 0 Å². The Morgan fingerprint density at radius 1 is 1.22 bits per heavy atom. The number of hydrogen-bond donors (Lipinski definition) is 0. The zero-order chi connectivity index (χ0) is 13.1. The minimum atomic E-state index is -0.747. The number of nitrogens with zero attached hydrogens (tertiary/aromatic N) is 2. The van der Waals surface area contributed by atoms with Crippen molar-refractivity contribution in [2.24, 2.45) is 0 Å². The van der Waals surface area contributed by atoms with Crippen LogP contribution in [0.2, 0.25) is 0 Å². The second-order valence-corrected chi connectivity index (χ2v) is 3.68. The summed E-state index contributed by atoms with van der Waals surface area (Å²) in [5, 5.41) is 0. The van der Waals surface area contributed by atoms with Crippen LogP contribution >= 0.6 is 0 Å². The highest BCUT2D eigenvalue weighted by molar-refractivity contribution is 6.05. The first-order valence-corrected chi connectivity index (χ1v) is 5.24. The monoisotopic (exact) mass is 248 g/mol. The molecule has 1 aromatic heterocycles. The summed E-state index contributed by atoms with van der Waals surface area (Å²) in [6.45, 7) is 0. The maximum absolute atomic E-state index is 13.5. The Labute approximate surface area is 103 Å². The molecule has 1 heterocycles. The molecule has 0 N–H and O–H groups in total. The summed E-state index contributed by atoms with van der Waals surface area (Å²) in [5.41, 5.74) is 0.257. The summed E-state index contributed by atoms with van der Waals surface area (Å²) in [5.74, 6) is -1.76. The molecule has 0 bridgehead atoms. The van der Waals surface area contributed by atoms with Gasteiger partial charge in [0.15, 0.2) is 0 Å². The molecule has 5 heteroatoms. The SMILES string of the molecule is CN(C(=O)c1ccnc(F)c1)c1ccccc1F. The number of halogens is 2. The molecule has 2 rings (SSSR count). The van der Waals surface area contributed by atoms with Crippen LogP contribution in [-0.2, 0) is 0 Å². The fraction of sp³-hybridized carbons (Fsp3) is 0.0769. The maximum atomic E-state index is 13.5. The summed E-state index contributed by atoms with van der Waals surface area (Å²) in [6, 6.07) is 8.28. The fourth-order valence-corrected chi connectivity index (χ4v) is 1.56. The number of rotatable bonds is 2. The third-order valence-electron chi connectivity index (χ3n) is 2.49. The Morgan fingerprint density at radius 3 is 2.61 bits per heavy atom. The number of para-hydroxylation sites is 1. The first-order valence-electron chi connectivity index (χ1n) is 5.24. The molecule has 0 aliphatic rings. The van der Waals surface area contributed by atoms with Crippen LogP contribution in [-0.4, -0.2) is 17.9 Å². The molecule has 0 radical (unpaired) electrons. The molecule has 0 aliphatic carbocycles. The van der Waals surface area contributed by atoms with E-state index < -0.39 is 17.7 Å². The molecule has 0 spiro atoms. The first-order chi connectivity index (χ1) is 8.59. The van der Waals surface area contributed by atoms with Gasteiger partial charge in [-0.25, -0.2) is 9.37 Å². The summed E-state index contributed by atoms with van der Waals surface area (Å²) >= 11 is 0. The highest BCUT2D eigenvalue weighted by Gasteiger charge is 2.16. The van der Waals surface area contributed by atoms with Crippen LogP contribution in [0.25, 0.3) is 0 Å². The number of aromatic nitrogens is 1. The predicted molar refractivity (Wildman–Crippen MR) is 63.3 cm³/mol. The van der Waals surface area contributed by atoms with E-state index >= 15 is 0 Å². The van der Waals surface area contributed by atoms with E-state index in [2.05, 4.69) is 4.98 Å². The van der Waals surface area contributed by atoms with E-state index in [1.165, 1.54) is 37.5 Å². The summed E-state index contributed by atoms with van der Waals surface area (Å²) < 4.78 is 26.4. The fourth-order valence-electron chi connectivity index (χ4n) is 1.56. The van der Waals surface area contributed by atoms with E-state index in [1.807, 2.05) is 0 Å². The number of amides is 1. The highest BCUT2D eigenvalue weighted by atomic mass is 19.1. The van der Waals surface area contributed by atoms with Crippen LogP contribution in [0.4, 0.5) is 14.5 Å². The lowest BCUT2D eigenvalue weighted by Gasteiger charge is -2.17. The maximum Gasteiger partial charge on any atom is 0.258 e. The molecule has 0 saturated carbocycles. The number of benzene rings is 1. The standard InChI is InChI=1S/C13H10F2N2O/c1-17(11-5-3-2-4-10(11)14)13(18)9-6-7-16-12(15)8-9/h2-8H,1H3. The zero-order valence-corrected chi connectivity index (χ0v) is 9.60. The molecule has 1 amide bonds. The molecule has 0 aliphatic heterocycles. The molecule has 92 valence electrons. The lowest BCUT2D eigenvalue weighted by atomic mass is 10.2. The van der Waals surface area contributed by atoms with Crippen molar-refractivity contribution in [1.29, 1.82) is 0 Å². The second-order valence-electron chi connectivity index (χ2n) is 3.68. The summed E-state index contributed by atoms with van der Waals surface area (Å²) in [4.78, 5) is 16.5. The molecule has 0 saturated heterocycles. The Hall–Kier alpha value is -2.30. The van der Waals surface area contributed by atoms with Gasteiger partial charge in [-0.1, -0.05) is 12.1 Å². The molecule has 1 aromatic carbocycles. The van der Waals surface area contributed by atoms with Crippen LogP contribution in [0.5, 0.6) is 0 Å². The van der Waals surface area contributed by atoms with E-state index in [0.29, 0.717) is 0 Å². The van der Waals surface area contributed by atoms with Gasteiger partial charge in [-0.05, 0) is 18.2 Å². The van der Waals surface area contributed by atoms with Gasteiger partial charge in [-0.15, -0.1) is 0 Å². The van der Waals surface area contributed by atoms with Crippen LogP contribution < -0.4 is 4.90 Å². The first kappa shape index (κ1) is 12.2. The molecule has 0 fully saturated rings. The minimum Gasteiger partial charge on any atom is -0.309 e. The normalized spacial score (nSPS) is 10.2. The smallest absolute Gasteiger partial charge is 0.258 e. The molecule has 0 atom stereocenters. The van der Waals surface area contributed by atoms with Gasteiger partial charge in [0.1, 0.15) is 5.82 Å². The van der Waals surface area contributed by atoms with Gasteiger partial charge in [0.25, 0.3) is 5.91 Å². The van der Waals surface area contributed by atoms with E-state index in [9.17, 15) is 13.6 Å². The van der Waals surface area contributed by atoms with Gasteiger partial charge >= 0.3 is 0 Å². The number of carbonyl (C=O) groups excluding carboxylic acids is 1. The van der Waals surface area contributed by atoms with E-state index in [-0.39, 0.29) is 11.3 Å². The highest BCUT2D eigenvalue weighted by Crippen LogP contribution is 2.19. The summed E-state index contributed by atoms with van der Waals surface area (Å²) in [6.07, 6.45) is 1.19. The van der Waals surface area contributed by atoms with Gasteiger partial charge < -0.3 is 4.90 Å². The molecular formula is C13H10F2N2O. The van der Waals surface area contributed by atoms with Crippen molar-refractivity contribution in [1.82, 2.24) is 4.98 Å². The van der Waals surface area contributed by atoms with Crippen molar-refractivity contribution in [2.45, 2.75) is 0 Å². The van der Waals surface area contributed by atoms with E-state index in [0.717, 1.165) is 11.0 Å². The predicted octanol–water partition coefficient (Wildman–Crippen LogP) is 2.64. The molecule has 0 unspecified atom stereocenters. The Kier molecular flexibility index (Phi) is 3.32. The van der Waals surface area contributed by atoms with Crippen molar-refractivity contribution in [3.8, 4) is 0 Å². The molecule has 18 heavy (non-hydrogen) atoms. The Balaban J connectivity index is 2.32. The van der Waals surface area contributed by atoms with Crippen molar-refractivity contribution < 1.29 is 13.6 Å². The molecule has 2 aromatic rings. The molecule has 3 nitrogen and oxygen atoms in total. The second kappa shape index (κ2) is 4.91. The van der Waals surface area contributed by atoms with Gasteiger partial charge in [-0.3, -0.25) is 4.79 Å². The van der Waals surface area contributed by atoms with Crippen LogP contribution in [0.1, 0.15) is 10.4 Å². The van der Waals surface area contributed by atoms with Crippen molar-refractivity contribution in [3.63, 3.8) is 0 Å². The van der Waals surface area contributed by atoms with Gasteiger partial charge in [0.2, 0.25) is 5.95 Å². The largest absolute Gasteiger partial charge is 0.309 e. The van der Waals surface area contributed by atoms with Crippen LogP contribution in [0.15, 0.2) is 42.6 Å². The number of hydrogen-bond acceptors (Lipinski definition) is 2. The van der Waals surface area contributed by atoms with Crippen molar-refractivity contribution >= 4 is 11.6 Å². The zero-order valence-electron chi connectivity index (χ0n) is 9.60. The lowest BCUT2D eigenvalue weighted by molar-refractivity contribution is 0.0991. The number of anilines is 1. The number of carbonyl (C=O) groups is 1. The van der Waals surface area contributed by atoms with E-state index in [1.54, 1.807) is 6.07 Å². The van der Waals surface area contributed by atoms with Gasteiger partial charge in [0.05, 0.1) is 5.69 Å². The third-order valence-corrected chi connectivity index (χ3v) is 2.49. The minimum absolute atomic E-state index is 0.119. The van der Waals surface area contributed by atoms with Crippen molar-refractivity contribution in [2.75, 3.05) is 11.9 Å². The van der Waals surface area contributed by atoms with Crippen molar-refractivity contribution in [3.05, 3.63) is 59.9 Å². The quantitative estimate of drug-likeness (QED) is 0.765. The average Bonchev–Trinajstić information content (AvgIpc) is 2.37. The van der Waals surface area contributed by atoms with Crippen LogP contribution in [0, 0.1) is 11.8 Å². The van der Waals surface area contributed by atoms with Gasteiger partial charge in [-0.2, -0.15) is 4.39 Å². The average molecular weight is 248 g/mol. The van der Waals surface area contributed by atoms with Gasteiger partial charge in [0, 0.05) is 24.9 Å². The lowest BCUT2D eigenvalue weighted by Crippen LogP contribution is -2.27. The van der Waals surface area contributed by atoms with E-state index in [4.69, 9.17) is 0 Å². The Bertz CT molecular complexity index is 587. The Morgan fingerprint density at radius 2 is 1.94 bits per heavy atom. The summed E-state index contributed by atoms with van der Waals surface area (Å²) in [7, 11) is 1.43. The number of pyridine rings is 1. The molecular weight excluding hydrogens is 238 g/mol.